The van der Waals surface area contributed by atoms with Gasteiger partial charge in [0.2, 0.25) is 0 Å². The van der Waals surface area contributed by atoms with Crippen LogP contribution in [-0.2, 0) is 0 Å². The van der Waals surface area contributed by atoms with E-state index in [1.165, 1.54) is 0 Å². The molecule has 0 saturated carbocycles. The largest absolute Gasteiger partial charge is 0.486 e. The number of para-hydroxylation sites is 1. The fourth-order valence-electron chi connectivity index (χ4n) is 2.08. The van der Waals surface area contributed by atoms with Crippen molar-refractivity contribution in [2.75, 3.05) is 25.1 Å². The number of carbonyl (C=O) groups is 1. The average Bonchev–Trinajstić information content (AvgIpc) is 2.50. The van der Waals surface area contributed by atoms with E-state index in [4.69, 9.17) is 9.47 Å². The third-order valence-corrected chi connectivity index (χ3v) is 4.34. The highest BCUT2D eigenvalue weighted by molar-refractivity contribution is 9.09. The summed E-state index contributed by atoms with van der Waals surface area (Å²) in [6.45, 7) is 3.89. The number of alkyl halides is 1. The highest BCUT2D eigenvalue weighted by atomic mass is 79.9. The van der Waals surface area contributed by atoms with E-state index in [-0.39, 0.29) is 5.91 Å². The van der Waals surface area contributed by atoms with Gasteiger partial charge in [-0.3, -0.25) is 4.79 Å². The lowest BCUT2D eigenvalue weighted by Crippen LogP contribution is -2.27. The van der Waals surface area contributed by atoms with Crippen molar-refractivity contribution in [1.82, 2.24) is 5.32 Å². The summed E-state index contributed by atoms with van der Waals surface area (Å²) in [4.78, 5) is 12.2. The fraction of sp³-hybridized carbons (Fsp3) is 0.533. The molecule has 20 heavy (non-hydrogen) atoms. The van der Waals surface area contributed by atoms with E-state index < -0.39 is 0 Å². The van der Waals surface area contributed by atoms with Crippen molar-refractivity contribution in [3.05, 3.63) is 23.8 Å². The molecule has 1 atom stereocenters. The van der Waals surface area contributed by atoms with Crippen LogP contribution in [0.1, 0.15) is 30.1 Å². The lowest BCUT2D eigenvalue weighted by molar-refractivity contribution is 0.0941. The van der Waals surface area contributed by atoms with Crippen LogP contribution in [0.3, 0.4) is 0 Å². The minimum absolute atomic E-state index is 0.0983. The Balaban J connectivity index is 1.90. The predicted molar refractivity (Wildman–Crippen MR) is 82.0 cm³/mol. The van der Waals surface area contributed by atoms with Gasteiger partial charge < -0.3 is 14.8 Å². The van der Waals surface area contributed by atoms with E-state index >= 15 is 0 Å². The van der Waals surface area contributed by atoms with E-state index in [1.807, 2.05) is 12.1 Å². The molecule has 0 saturated heterocycles. The number of fused-ring (bicyclic) bond motifs is 1. The van der Waals surface area contributed by atoms with Crippen molar-refractivity contribution in [3.8, 4) is 11.5 Å². The van der Waals surface area contributed by atoms with E-state index in [1.54, 1.807) is 6.07 Å². The molecule has 2 rings (SSSR count). The monoisotopic (exact) mass is 341 g/mol. The van der Waals surface area contributed by atoms with E-state index in [2.05, 4.69) is 28.2 Å². The van der Waals surface area contributed by atoms with Crippen LogP contribution in [0.2, 0.25) is 0 Å². The normalized spacial score (nSPS) is 14.7. The summed E-state index contributed by atoms with van der Waals surface area (Å²) >= 11 is 3.46. The lowest BCUT2D eigenvalue weighted by Gasteiger charge is -2.20. The van der Waals surface area contributed by atoms with Gasteiger partial charge in [0.25, 0.3) is 5.91 Å². The Hall–Kier alpha value is -1.23. The highest BCUT2D eigenvalue weighted by Crippen LogP contribution is 2.33. The van der Waals surface area contributed by atoms with E-state index in [0.717, 1.165) is 18.2 Å². The number of hydrogen-bond donors (Lipinski definition) is 1. The Labute approximate surface area is 128 Å². The number of amides is 1. The number of rotatable bonds is 6. The maximum Gasteiger partial charge on any atom is 0.255 e. The first kappa shape index (κ1) is 15.2. The zero-order valence-corrected chi connectivity index (χ0v) is 13.2. The predicted octanol–water partition coefficient (Wildman–Crippen LogP) is 3.00. The summed E-state index contributed by atoms with van der Waals surface area (Å²) in [5, 5.41) is 3.94. The standard InChI is InChI=1S/C15H20BrNO3/c1-11(10-16)4-3-7-17-15(18)12-5-2-6-13-14(12)20-9-8-19-13/h2,5-6,11H,3-4,7-10H2,1H3,(H,17,18). The van der Waals surface area contributed by atoms with Crippen molar-refractivity contribution in [3.63, 3.8) is 0 Å². The molecule has 0 aromatic heterocycles. The van der Waals surface area contributed by atoms with Crippen LogP contribution < -0.4 is 14.8 Å². The van der Waals surface area contributed by atoms with Crippen LogP contribution in [0.15, 0.2) is 18.2 Å². The van der Waals surface area contributed by atoms with Gasteiger partial charge in [0.1, 0.15) is 13.2 Å². The number of hydrogen-bond acceptors (Lipinski definition) is 3. The number of ether oxygens (including phenoxy) is 2. The van der Waals surface area contributed by atoms with Crippen LogP contribution in [0, 0.1) is 5.92 Å². The summed E-state index contributed by atoms with van der Waals surface area (Å²) < 4.78 is 11.0. The van der Waals surface area contributed by atoms with Crippen molar-refractivity contribution in [2.24, 2.45) is 5.92 Å². The Bertz CT molecular complexity index is 464. The van der Waals surface area contributed by atoms with Crippen molar-refractivity contribution >= 4 is 21.8 Å². The molecular formula is C15H20BrNO3. The molecular weight excluding hydrogens is 322 g/mol. The van der Waals surface area contributed by atoms with Gasteiger partial charge in [-0.25, -0.2) is 0 Å². The molecule has 1 aliphatic rings. The Kier molecular flexibility index (Phi) is 5.71. The number of nitrogens with one attached hydrogen (secondary N) is 1. The Morgan fingerprint density at radius 1 is 1.40 bits per heavy atom. The van der Waals surface area contributed by atoms with Crippen LogP contribution in [0.25, 0.3) is 0 Å². The number of halogens is 1. The molecule has 0 spiro atoms. The zero-order chi connectivity index (χ0) is 14.4. The first-order valence-electron chi connectivity index (χ1n) is 6.95. The molecule has 4 nitrogen and oxygen atoms in total. The van der Waals surface area contributed by atoms with E-state index in [0.29, 0.717) is 42.7 Å². The van der Waals surface area contributed by atoms with Gasteiger partial charge in [-0.15, -0.1) is 0 Å². The van der Waals surface area contributed by atoms with E-state index in [9.17, 15) is 4.79 Å². The smallest absolute Gasteiger partial charge is 0.255 e. The van der Waals surface area contributed by atoms with Gasteiger partial charge in [-0.1, -0.05) is 28.9 Å². The molecule has 110 valence electrons. The summed E-state index contributed by atoms with van der Waals surface area (Å²) in [5.41, 5.74) is 0.552. The number of carbonyl (C=O) groups excluding carboxylic acids is 1. The van der Waals surface area contributed by atoms with Crippen LogP contribution in [0.5, 0.6) is 11.5 Å². The quantitative estimate of drug-likeness (QED) is 0.639. The summed E-state index contributed by atoms with van der Waals surface area (Å²) in [6.07, 6.45) is 2.07. The van der Waals surface area contributed by atoms with Crippen molar-refractivity contribution in [1.29, 1.82) is 0 Å². The molecule has 1 heterocycles. The molecule has 5 heteroatoms. The Morgan fingerprint density at radius 3 is 3.00 bits per heavy atom. The van der Waals surface area contributed by atoms with Gasteiger partial charge in [0.15, 0.2) is 11.5 Å². The van der Waals surface area contributed by atoms with Crippen LogP contribution in [-0.4, -0.2) is 31.0 Å². The molecule has 1 unspecified atom stereocenters. The maximum absolute atomic E-state index is 12.2. The first-order chi connectivity index (χ1) is 9.72. The molecule has 0 radical (unpaired) electrons. The molecule has 1 N–H and O–H groups in total. The first-order valence-corrected chi connectivity index (χ1v) is 8.07. The Morgan fingerprint density at radius 2 is 2.20 bits per heavy atom. The molecule has 0 aliphatic carbocycles. The second-order valence-corrected chi connectivity index (χ2v) is 5.63. The lowest BCUT2D eigenvalue weighted by atomic mass is 10.1. The topological polar surface area (TPSA) is 47.6 Å². The van der Waals surface area contributed by atoms with Gasteiger partial charge in [-0.05, 0) is 30.9 Å². The molecule has 1 amide bonds. The minimum atomic E-state index is -0.0983. The maximum atomic E-state index is 12.2. The zero-order valence-electron chi connectivity index (χ0n) is 11.7. The summed E-state index contributed by atoms with van der Waals surface area (Å²) in [6, 6.07) is 5.41. The second kappa shape index (κ2) is 7.53. The van der Waals surface area contributed by atoms with Crippen LogP contribution in [0.4, 0.5) is 0 Å². The molecule has 1 aromatic rings. The number of benzene rings is 1. The third-order valence-electron chi connectivity index (χ3n) is 3.23. The third kappa shape index (κ3) is 3.88. The van der Waals surface area contributed by atoms with Gasteiger partial charge in [-0.2, -0.15) is 0 Å². The summed E-state index contributed by atoms with van der Waals surface area (Å²) in [7, 11) is 0. The van der Waals surface area contributed by atoms with Gasteiger partial charge in [0.05, 0.1) is 5.56 Å². The van der Waals surface area contributed by atoms with Gasteiger partial charge >= 0.3 is 0 Å². The second-order valence-electron chi connectivity index (χ2n) is 4.99. The van der Waals surface area contributed by atoms with Gasteiger partial charge in [0, 0.05) is 11.9 Å². The highest BCUT2D eigenvalue weighted by Gasteiger charge is 2.19. The van der Waals surface area contributed by atoms with Crippen LogP contribution >= 0.6 is 15.9 Å². The van der Waals surface area contributed by atoms with Crippen molar-refractivity contribution in [2.45, 2.75) is 19.8 Å². The molecule has 1 aromatic carbocycles. The van der Waals surface area contributed by atoms with Crippen molar-refractivity contribution < 1.29 is 14.3 Å². The molecule has 1 aliphatic heterocycles. The summed E-state index contributed by atoms with van der Waals surface area (Å²) in [5.74, 6) is 1.74. The molecule has 0 fully saturated rings. The fourth-order valence-corrected chi connectivity index (χ4v) is 2.40. The minimum Gasteiger partial charge on any atom is -0.486 e. The SMILES string of the molecule is CC(CBr)CCCNC(=O)c1cccc2c1OCCO2. The average molecular weight is 342 g/mol. The molecule has 0 bridgehead atoms.